The van der Waals surface area contributed by atoms with E-state index in [2.05, 4.69) is 53.4 Å². The summed E-state index contributed by atoms with van der Waals surface area (Å²) in [6.07, 6.45) is 10.5. The first kappa shape index (κ1) is 23.1. The fraction of sp³-hybridized carbons (Fsp3) is 0.654. The predicted octanol–water partition coefficient (Wildman–Crippen LogP) is 4.29. The van der Waals surface area contributed by atoms with Gasteiger partial charge in [0.05, 0.1) is 18.8 Å². The molecule has 2 aromatic rings. The number of likely N-dealkylation sites (tertiary alicyclic amines) is 1. The summed E-state index contributed by atoms with van der Waals surface area (Å²) in [7, 11) is 0. The molecule has 2 N–H and O–H groups in total. The maximum Gasteiger partial charge on any atom is 0.193 e. The fourth-order valence-electron chi connectivity index (χ4n) is 4.90. The second-order valence-corrected chi connectivity index (χ2v) is 9.00. The first-order chi connectivity index (χ1) is 15.8. The molecule has 1 aromatic carbocycles. The number of rotatable bonds is 8. The summed E-state index contributed by atoms with van der Waals surface area (Å²) < 4.78 is 12.0. The molecule has 1 atom stereocenters. The van der Waals surface area contributed by atoms with Gasteiger partial charge in [0.1, 0.15) is 0 Å². The van der Waals surface area contributed by atoms with Gasteiger partial charge in [0.15, 0.2) is 5.96 Å². The molecule has 4 rings (SSSR count). The SMILES string of the molecule is CCNC(=NCCc1c[nH]c2c(CC)cccc12)N1CCC(OCC2CCCCO2)CC1. The van der Waals surface area contributed by atoms with Crippen LogP contribution in [0.4, 0.5) is 0 Å². The lowest BCUT2D eigenvalue weighted by Gasteiger charge is -2.35. The van der Waals surface area contributed by atoms with Crippen LogP contribution in [0.5, 0.6) is 0 Å². The first-order valence-electron chi connectivity index (χ1n) is 12.6. The van der Waals surface area contributed by atoms with Gasteiger partial charge in [-0.25, -0.2) is 0 Å². The van der Waals surface area contributed by atoms with Gasteiger partial charge < -0.3 is 24.7 Å². The number of benzene rings is 1. The fourth-order valence-corrected chi connectivity index (χ4v) is 4.90. The Balaban J connectivity index is 1.28. The minimum absolute atomic E-state index is 0.304. The maximum absolute atomic E-state index is 6.18. The van der Waals surface area contributed by atoms with Crippen LogP contribution in [0.15, 0.2) is 29.4 Å². The van der Waals surface area contributed by atoms with E-state index in [1.54, 1.807) is 0 Å². The first-order valence-corrected chi connectivity index (χ1v) is 12.6. The number of hydrogen-bond acceptors (Lipinski definition) is 3. The zero-order chi connectivity index (χ0) is 22.2. The molecule has 2 saturated heterocycles. The van der Waals surface area contributed by atoms with Crippen molar-refractivity contribution in [1.29, 1.82) is 0 Å². The number of para-hydroxylation sites is 1. The Morgan fingerprint density at radius 3 is 2.81 bits per heavy atom. The quantitative estimate of drug-likeness (QED) is 0.475. The van der Waals surface area contributed by atoms with E-state index >= 15 is 0 Å². The lowest BCUT2D eigenvalue weighted by molar-refractivity contribution is -0.0721. The van der Waals surface area contributed by atoms with Crippen molar-refractivity contribution in [1.82, 2.24) is 15.2 Å². The van der Waals surface area contributed by atoms with Crippen LogP contribution in [0.25, 0.3) is 10.9 Å². The van der Waals surface area contributed by atoms with Gasteiger partial charge in [-0.3, -0.25) is 4.99 Å². The number of nitrogens with one attached hydrogen (secondary N) is 2. The van der Waals surface area contributed by atoms with Crippen LogP contribution in [0.2, 0.25) is 0 Å². The molecule has 0 bridgehead atoms. The van der Waals surface area contributed by atoms with E-state index in [9.17, 15) is 0 Å². The molecule has 0 aliphatic carbocycles. The molecule has 0 saturated carbocycles. The molecule has 6 heteroatoms. The van der Waals surface area contributed by atoms with Crippen molar-refractivity contribution in [2.75, 3.05) is 39.4 Å². The number of aromatic nitrogens is 1. The molecule has 6 nitrogen and oxygen atoms in total. The number of guanidine groups is 1. The molecule has 0 amide bonds. The van der Waals surface area contributed by atoms with Crippen LogP contribution in [-0.4, -0.2) is 67.4 Å². The predicted molar refractivity (Wildman–Crippen MR) is 131 cm³/mol. The van der Waals surface area contributed by atoms with Crippen LogP contribution in [0.3, 0.4) is 0 Å². The van der Waals surface area contributed by atoms with Crippen molar-refractivity contribution < 1.29 is 9.47 Å². The average molecular weight is 441 g/mol. The Hall–Kier alpha value is -2.05. The highest BCUT2D eigenvalue weighted by molar-refractivity contribution is 5.86. The Morgan fingerprint density at radius 2 is 2.06 bits per heavy atom. The van der Waals surface area contributed by atoms with Gasteiger partial charge in [-0.1, -0.05) is 25.1 Å². The lowest BCUT2D eigenvalue weighted by Crippen LogP contribution is -2.47. The summed E-state index contributed by atoms with van der Waals surface area (Å²) in [5.74, 6) is 1.04. The average Bonchev–Trinajstić information content (AvgIpc) is 3.26. The summed E-state index contributed by atoms with van der Waals surface area (Å²) in [5, 5.41) is 4.83. The zero-order valence-electron chi connectivity index (χ0n) is 19.9. The van der Waals surface area contributed by atoms with E-state index in [0.717, 1.165) is 77.5 Å². The number of hydrogen-bond donors (Lipinski definition) is 2. The third-order valence-electron chi connectivity index (χ3n) is 6.78. The maximum atomic E-state index is 6.18. The minimum atomic E-state index is 0.304. The van der Waals surface area contributed by atoms with Crippen molar-refractivity contribution >= 4 is 16.9 Å². The van der Waals surface area contributed by atoms with Gasteiger partial charge in [0.2, 0.25) is 0 Å². The second-order valence-electron chi connectivity index (χ2n) is 9.00. The standard InChI is InChI=1S/C26H40N4O2/c1-3-20-8-7-10-24-21(18-29-25(20)24)11-14-28-26(27-4-2)30-15-12-22(13-16-30)32-19-23-9-5-6-17-31-23/h7-8,10,18,22-23,29H,3-6,9,11-17,19H2,1-2H3,(H,27,28). The normalized spacial score (nSPS) is 20.8. The molecule has 32 heavy (non-hydrogen) atoms. The number of ether oxygens (including phenoxy) is 2. The number of aryl methyl sites for hydroxylation is 1. The molecule has 2 aliphatic heterocycles. The van der Waals surface area contributed by atoms with Gasteiger partial charge >= 0.3 is 0 Å². The Labute approximate surface area is 192 Å². The van der Waals surface area contributed by atoms with Crippen molar-refractivity contribution in [2.45, 2.75) is 71.0 Å². The summed E-state index contributed by atoms with van der Waals surface area (Å²) in [6, 6.07) is 6.59. The number of nitrogens with zero attached hydrogens (tertiary/aromatic N) is 2. The van der Waals surface area contributed by atoms with Crippen LogP contribution >= 0.6 is 0 Å². The Morgan fingerprint density at radius 1 is 1.19 bits per heavy atom. The molecule has 0 radical (unpaired) electrons. The van der Waals surface area contributed by atoms with E-state index in [4.69, 9.17) is 14.5 Å². The van der Waals surface area contributed by atoms with E-state index in [0.29, 0.717) is 12.2 Å². The summed E-state index contributed by atoms with van der Waals surface area (Å²) in [6.45, 7) is 9.67. The molecule has 1 aromatic heterocycles. The summed E-state index contributed by atoms with van der Waals surface area (Å²) in [5.41, 5.74) is 4.01. The molecular weight excluding hydrogens is 400 g/mol. The minimum Gasteiger partial charge on any atom is -0.376 e. The van der Waals surface area contributed by atoms with Crippen LogP contribution < -0.4 is 5.32 Å². The zero-order valence-corrected chi connectivity index (χ0v) is 19.9. The third-order valence-corrected chi connectivity index (χ3v) is 6.78. The number of piperidine rings is 1. The van der Waals surface area contributed by atoms with Gasteiger partial charge in [0, 0.05) is 49.9 Å². The topological polar surface area (TPSA) is 61.9 Å². The van der Waals surface area contributed by atoms with Crippen molar-refractivity contribution in [3.8, 4) is 0 Å². The second kappa shape index (κ2) is 11.7. The number of fused-ring (bicyclic) bond motifs is 1. The van der Waals surface area contributed by atoms with Crippen LogP contribution in [0, 0.1) is 0 Å². The number of aromatic amines is 1. The van der Waals surface area contributed by atoms with Crippen molar-refractivity contribution in [3.05, 3.63) is 35.5 Å². The Bertz CT molecular complexity index is 864. The third kappa shape index (κ3) is 5.84. The Kier molecular flexibility index (Phi) is 8.46. The van der Waals surface area contributed by atoms with E-state index in [1.165, 1.54) is 34.9 Å². The van der Waals surface area contributed by atoms with Crippen LogP contribution in [0.1, 0.15) is 57.1 Å². The summed E-state index contributed by atoms with van der Waals surface area (Å²) in [4.78, 5) is 10.8. The largest absolute Gasteiger partial charge is 0.376 e. The van der Waals surface area contributed by atoms with E-state index < -0.39 is 0 Å². The van der Waals surface area contributed by atoms with Crippen molar-refractivity contribution in [3.63, 3.8) is 0 Å². The number of H-pyrrole nitrogens is 1. The van der Waals surface area contributed by atoms with E-state index in [-0.39, 0.29) is 0 Å². The van der Waals surface area contributed by atoms with Gasteiger partial charge in [-0.05, 0) is 63.0 Å². The highest BCUT2D eigenvalue weighted by Crippen LogP contribution is 2.23. The molecule has 176 valence electrons. The van der Waals surface area contributed by atoms with Gasteiger partial charge in [0.25, 0.3) is 0 Å². The monoisotopic (exact) mass is 440 g/mol. The highest BCUT2D eigenvalue weighted by atomic mass is 16.5. The van der Waals surface area contributed by atoms with Crippen LogP contribution in [-0.2, 0) is 22.3 Å². The smallest absolute Gasteiger partial charge is 0.193 e. The summed E-state index contributed by atoms with van der Waals surface area (Å²) >= 11 is 0. The van der Waals surface area contributed by atoms with Crippen molar-refractivity contribution in [2.24, 2.45) is 4.99 Å². The molecule has 0 spiro atoms. The molecule has 2 fully saturated rings. The lowest BCUT2D eigenvalue weighted by atomic mass is 10.1. The molecule has 2 aliphatic rings. The highest BCUT2D eigenvalue weighted by Gasteiger charge is 2.23. The van der Waals surface area contributed by atoms with E-state index in [1.807, 2.05) is 0 Å². The molecule has 1 unspecified atom stereocenters. The number of aliphatic imine (C=N–C) groups is 1. The molecular formula is C26H40N4O2. The molecule has 3 heterocycles. The van der Waals surface area contributed by atoms with Gasteiger partial charge in [-0.15, -0.1) is 0 Å². The van der Waals surface area contributed by atoms with Gasteiger partial charge in [-0.2, -0.15) is 0 Å².